The quantitative estimate of drug-likeness (QED) is 0.839. The number of likely N-dealkylation sites (tertiary alicyclic amines) is 2. The van der Waals surface area contributed by atoms with E-state index in [0.717, 1.165) is 71.6 Å². The van der Waals surface area contributed by atoms with Gasteiger partial charge in [-0.15, -0.1) is 0 Å². The number of rotatable bonds is 5. The summed E-state index contributed by atoms with van der Waals surface area (Å²) in [5.41, 5.74) is 1.30. The van der Waals surface area contributed by atoms with Crippen LogP contribution in [0.15, 0.2) is 24.5 Å². The molecule has 3 aliphatic rings. The van der Waals surface area contributed by atoms with E-state index in [1.54, 1.807) is 0 Å². The van der Waals surface area contributed by atoms with Gasteiger partial charge in [-0.05, 0) is 69.8 Å². The van der Waals surface area contributed by atoms with Crippen LogP contribution < -0.4 is 5.32 Å². The largest absolute Gasteiger partial charge is 0.381 e. The van der Waals surface area contributed by atoms with E-state index in [4.69, 9.17) is 4.74 Å². The molecule has 1 aromatic heterocycles. The maximum Gasteiger partial charge on any atom is 0.224 e. The van der Waals surface area contributed by atoms with Crippen molar-refractivity contribution in [1.82, 2.24) is 20.1 Å². The van der Waals surface area contributed by atoms with E-state index < -0.39 is 0 Å². The lowest BCUT2D eigenvalue weighted by atomic mass is 9.92. The minimum atomic E-state index is 0.157. The van der Waals surface area contributed by atoms with Gasteiger partial charge in [-0.1, -0.05) is 6.07 Å². The number of hydrogen-bond donors (Lipinski definition) is 1. The number of pyridine rings is 1. The van der Waals surface area contributed by atoms with Gasteiger partial charge in [0.05, 0.1) is 5.92 Å². The van der Waals surface area contributed by atoms with Crippen LogP contribution in [0.25, 0.3) is 0 Å². The first kappa shape index (κ1) is 19.8. The lowest BCUT2D eigenvalue weighted by molar-refractivity contribution is -0.128. The van der Waals surface area contributed by atoms with Crippen LogP contribution in [0, 0.1) is 5.92 Å². The SMILES string of the molecule is O=C(NC1CCOCC1)[C@@H]1CCCN(C2CCN(Cc3cccnc3)CC2)C1. The third-order valence-electron chi connectivity index (χ3n) is 6.59. The summed E-state index contributed by atoms with van der Waals surface area (Å²) in [5.74, 6) is 0.427. The van der Waals surface area contributed by atoms with E-state index in [1.807, 2.05) is 18.5 Å². The van der Waals surface area contributed by atoms with Gasteiger partial charge in [-0.3, -0.25) is 19.6 Å². The highest BCUT2D eigenvalue weighted by Gasteiger charge is 2.32. The summed E-state index contributed by atoms with van der Waals surface area (Å²) in [6.07, 6.45) is 10.3. The molecule has 4 rings (SSSR count). The highest BCUT2D eigenvalue weighted by molar-refractivity contribution is 5.79. The molecule has 1 atom stereocenters. The first-order valence-electron chi connectivity index (χ1n) is 11.0. The average Bonchev–Trinajstić information content (AvgIpc) is 2.76. The van der Waals surface area contributed by atoms with Crippen LogP contribution in [0.4, 0.5) is 0 Å². The van der Waals surface area contributed by atoms with Gasteiger partial charge in [0.2, 0.25) is 5.91 Å². The lowest BCUT2D eigenvalue weighted by Gasteiger charge is -2.42. The third kappa shape index (κ3) is 5.31. The van der Waals surface area contributed by atoms with Gasteiger partial charge >= 0.3 is 0 Å². The van der Waals surface area contributed by atoms with E-state index in [0.29, 0.717) is 12.1 Å². The second-order valence-electron chi connectivity index (χ2n) is 8.60. The van der Waals surface area contributed by atoms with Crippen molar-refractivity contribution < 1.29 is 9.53 Å². The van der Waals surface area contributed by atoms with Gasteiger partial charge < -0.3 is 10.1 Å². The molecule has 154 valence electrons. The third-order valence-corrected chi connectivity index (χ3v) is 6.59. The number of piperidine rings is 2. The summed E-state index contributed by atoms with van der Waals surface area (Å²) >= 11 is 0. The fraction of sp³-hybridized carbons (Fsp3) is 0.727. The predicted octanol–water partition coefficient (Wildman–Crippen LogP) is 2.05. The minimum absolute atomic E-state index is 0.157. The van der Waals surface area contributed by atoms with Crippen LogP contribution in [0.1, 0.15) is 44.1 Å². The Morgan fingerprint density at radius 2 is 1.96 bits per heavy atom. The summed E-state index contributed by atoms with van der Waals surface area (Å²) in [6, 6.07) is 5.11. The lowest BCUT2D eigenvalue weighted by Crippen LogP contribution is -2.52. The normalized spacial score (nSPS) is 26.2. The molecular weight excluding hydrogens is 352 g/mol. The molecule has 28 heavy (non-hydrogen) atoms. The molecule has 6 nitrogen and oxygen atoms in total. The number of carbonyl (C=O) groups excluding carboxylic acids is 1. The second kappa shape index (κ2) is 9.81. The van der Waals surface area contributed by atoms with Gasteiger partial charge in [0.25, 0.3) is 0 Å². The Kier molecular flexibility index (Phi) is 6.94. The Balaban J connectivity index is 1.23. The van der Waals surface area contributed by atoms with Crippen LogP contribution in [-0.4, -0.2) is 72.2 Å². The molecule has 3 saturated heterocycles. The Bertz CT molecular complexity index is 612. The molecule has 0 unspecified atom stereocenters. The number of carbonyl (C=O) groups is 1. The summed E-state index contributed by atoms with van der Waals surface area (Å²) < 4.78 is 5.40. The highest BCUT2D eigenvalue weighted by Crippen LogP contribution is 2.25. The maximum absolute atomic E-state index is 12.8. The zero-order valence-electron chi connectivity index (χ0n) is 16.9. The smallest absolute Gasteiger partial charge is 0.224 e. The van der Waals surface area contributed by atoms with Crippen LogP contribution in [0.5, 0.6) is 0 Å². The van der Waals surface area contributed by atoms with Crippen molar-refractivity contribution in [3.63, 3.8) is 0 Å². The number of amides is 1. The van der Waals surface area contributed by atoms with E-state index in [9.17, 15) is 4.79 Å². The summed E-state index contributed by atoms with van der Waals surface area (Å²) in [5, 5.41) is 3.29. The molecule has 4 heterocycles. The van der Waals surface area contributed by atoms with E-state index in [1.165, 1.54) is 18.4 Å². The van der Waals surface area contributed by atoms with E-state index in [2.05, 4.69) is 26.2 Å². The molecule has 1 N–H and O–H groups in total. The molecule has 0 bridgehead atoms. The Hall–Kier alpha value is -1.50. The zero-order valence-corrected chi connectivity index (χ0v) is 16.9. The fourth-order valence-electron chi connectivity index (χ4n) is 4.91. The predicted molar refractivity (Wildman–Crippen MR) is 109 cm³/mol. The van der Waals surface area contributed by atoms with E-state index >= 15 is 0 Å². The summed E-state index contributed by atoms with van der Waals surface area (Å²) in [4.78, 5) is 22.1. The minimum Gasteiger partial charge on any atom is -0.381 e. The van der Waals surface area contributed by atoms with Gasteiger partial charge in [0.1, 0.15) is 0 Å². The standard InChI is InChI=1S/C22H34N4O2/c27-22(24-20-7-13-28-14-8-20)19-4-2-10-26(17-19)21-5-11-25(12-6-21)16-18-3-1-9-23-15-18/h1,3,9,15,19-21H,2,4-8,10-14,16-17H2,(H,24,27)/t19-/m1/s1. The Morgan fingerprint density at radius 3 is 2.71 bits per heavy atom. The average molecular weight is 387 g/mol. The molecule has 0 spiro atoms. The summed E-state index contributed by atoms with van der Waals surface area (Å²) in [7, 11) is 0. The fourth-order valence-corrected chi connectivity index (χ4v) is 4.91. The van der Waals surface area contributed by atoms with Crippen molar-refractivity contribution >= 4 is 5.91 Å². The molecule has 0 radical (unpaired) electrons. The first-order valence-corrected chi connectivity index (χ1v) is 11.0. The van der Waals surface area contributed by atoms with Crippen molar-refractivity contribution in [2.24, 2.45) is 5.92 Å². The van der Waals surface area contributed by atoms with Crippen LogP contribution in [0.3, 0.4) is 0 Å². The van der Waals surface area contributed by atoms with Gasteiger partial charge in [-0.2, -0.15) is 0 Å². The molecule has 0 aromatic carbocycles. The number of nitrogens with one attached hydrogen (secondary N) is 1. The van der Waals surface area contributed by atoms with Gasteiger partial charge in [-0.25, -0.2) is 0 Å². The molecule has 3 fully saturated rings. The highest BCUT2D eigenvalue weighted by atomic mass is 16.5. The zero-order chi connectivity index (χ0) is 19.2. The van der Waals surface area contributed by atoms with Crippen molar-refractivity contribution in [2.45, 2.75) is 57.2 Å². The Labute approximate surface area is 168 Å². The number of hydrogen-bond acceptors (Lipinski definition) is 5. The topological polar surface area (TPSA) is 57.7 Å². The number of nitrogens with zero attached hydrogens (tertiary/aromatic N) is 3. The first-order chi connectivity index (χ1) is 13.8. The van der Waals surface area contributed by atoms with Gasteiger partial charge in [0.15, 0.2) is 0 Å². The van der Waals surface area contributed by atoms with Crippen molar-refractivity contribution in [2.75, 3.05) is 39.4 Å². The molecule has 0 saturated carbocycles. The van der Waals surface area contributed by atoms with Crippen molar-refractivity contribution in [3.05, 3.63) is 30.1 Å². The second-order valence-corrected chi connectivity index (χ2v) is 8.60. The van der Waals surface area contributed by atoms with Gasteiger partial charge in [0, 0.05) is 50.8 Å². The molecular formula is C22H34N4O2. The number of aromatic nitrogens is 1. The van der Waals surface area contributed by atoms with E-state index in [-0.39, 0.29) is 11.8 Å². The molecule has 1 aromatic rings. The number of ether oxygens (including phenoxy) is 1. The van der Waals surface area contributed by atoms with Crippen LogP contribution in [0.2, 0.25) is 0 Å². The molecule has 3 aliphatic heterocycles. The van der Waals surface area contributed by atoms with Crippen LogP contribution in [-0.2, 0) is 16.1 Å². The maximum atomic E-state index is 12.8. The molecule has 6 heteroatoms. The molecule has 0 aliphatic carbocycles. The Morgan fingerprint density at radius 1 is 1.14 bits per heavy atom. The summed E-state index contributed by atoms with van der Waals surface area (Å²) in [6.45, 7) is 6.90. The molecule has 1 amide bonds. The van der Waals surface area contributed by atoms with Crippen molar-refractivity contribution in [3.8, 4) is 0 Å². The van der Waals surface area contributed by atoms with Crippen molar-refractivity contribution in [1.29, 1.82) is 0 Å². The monoisotopic (exact) mass is 386 g/mol. The van der Waals surface area contributed by atoms with Crippen LogP contribution >= 0.6 is 0 Å².